The largest absolute Gasteiger partial charge is 0.298 e. The maximum Gasteiger partial charge on any atom is 0.150 e. The van der Waals surface area contributed by atoms with Crippen LogP contribution in [-0.2, 0) is 6.42 Å². The number of hydrogen-bond acceptors (Lipinski definition) is 1. The fourth-order valence-electron chi connectivity index (χ4n) is 3.12. The summed E-state index contributed by atoms with van der Waals surface area (Å²) < 4.78 is 0. The van der Waals surface area contributed by atoms with Gasteiger partial charge >= 0.3 is 0 Å². The molecule has 0 atom stereocenters. The molecule has 1 aliphatic rings. The first-order valence-corrected chi connectivity index (χ1v) is 7.12. The highest BCUT2D eigenvalue weighted by molar-refractivity contribution is 5.82. The second-order valence-corrected chi connectivity index (χ2v) is 5.45. The number of carbonyl (C=O) groups is 1. The first-order valence-electron chi connectivity index (χ1n) is 7.12. The average molecular weight is 270 g/mol. The zero-order valence-electron chi connectivity index (χ0n) is 11.5. The van der Waals surface area contributed by atoms with Crippen molar-refractivity contribution < 1.29 is 4.79 Å². The van der Waals surface area contributed by atoms with Crippen LogP contribution in [-0.4, -0.2) is 6.29 Å². The Morgan fingerprint density at radius 2 is 1.52 bits per heavy atom. The second-order valence-electron chi connectivity index (χ2n) is 5.45. The van der Waals surface area contributed by atoms with E-state index >= 15 is 0 Å². The van der Waals surface area contributed by atoms with Crippen molar-refractivity contribution in [3.63, 3.8) is 0 Å². The number of fused-ring (bicyclic) bond motifs is 3. The van der Waals surface area contributed by atoms with E-state index in [1.165, 1.54) is 27.8 Å². The van der Waals surface area contributed by atoms with Crippen LogP contribution in [0, 0.1) is 0 Å². The number of carbonyl (C=O) groups excluding carboxylic acids is 1. The Balaban J connectivity index is 1.81. The van der Waals surface area contributed by atoms with Gasteiger partial charge in [-0.05, 0) is 45.9 Å². The minimum atomic E-state index is 0.719. The highest BCUT2D eigenvalue weighted by Gasteiger charge is 2.17. The van der Waals surface area contributed by atoms with Gasteiger partial charge in [0.1, 0.15) is 6.29 Å². The minimum absolute atomic E-state index is 0.719. The molecule has 0 spiro atoms. The van der Waals surface area contributed by atoms with Crippen LogP contribution in [0.2, 0.25) is 0 Å². The van der Waals surface area contributed by atoms with E-state index in [-0.39, 0.29) is 0 Å². The summed E-state index contributed by atoms with van der Waals surface area (Å²) in [5.41, 5.74) is 8.43. The van der Waals surface area contributed by atoms with E-state index < -0.39 is 0 Å². The Kier molecular flexibility index (Phi) is 2.71. The van der Waals surface area contributed by atoms with Crippen LogP contribution in [0.3, 0.4) is 0 Å². The molecular formula is C20H14O. The lowest BCUT2D eigenvalue weighted by atomic mass is 9.98. The summed E-state index contributed by atoms with van der Waals surface area (Å²) in [6, 6.07) is 22.9. The Bertz CT molecular complexity index is 846. The molecule has 0 unspecified atom stereocenters. The topological polar surface area (TPSA) is 17.1 Å². The van der Waals surface area contributed by atoms with Crippen LogP contribution in [0.1, 0.15) is 21.5 Å². The summed E-state index contributed by atoms with van der Waals surface area (Å²) in [4.78, 5) is 10.9. The molecule has 4 rings (SSSR count). The molecule has 3 aromatic rings. The minimum Gasteiger partial charge on any atom is -0.298 e. The standard InChI is InChI=1S/C20H14O/c21-13-14-4-3-6-15(10-14)16-8-9-20-18(11-16)12-17-5-1-2-7-19(17)20/h1-11,13H,12H2. The van der Waals surface area contributed by atoms with E-state index in [0.29, 0.717) is 0 Å². The maximum absolute atomic E-state index is 10.9. The Labute approximate surface area is 123 Å². The van der Waals surface area contributed by atoms with E-state index in [2.05, 4.69) is 48.5 Å². The number of rotatable bonds is 2. The highest BCUT2D eigenvalue weighted by atomic mass is 16.1. The average Bonchev–Trinajstić information content (AvgIpc) is 2.92. The molecule has 0 saturated heterocycles. The lowest BCUT2D eigenvalue weighted by molar-refractivity contribution is 0.112. The summed E-state index contributed by atoms with van der Waals surface area (Å²) in [7, 11) is 0. The number of aldehydes is 1. The van der Waals surface area contributed by atoms with E-state index in [0.717, 1.165) is 23.8 Å². The lowest BCUT2D eigenvalue weighted by Crippen LogP contribution is -1.85. The van der Waals surface area contributed by atoms with Gasteiger partial charge < -0.3 is 0 Å². The SMILES string of the molecule is O=Cc1cccc(-c2ccc3c(c2)Cc2ccccc2-3)c1. The summed E-state index contributed by atoms with van der Waals surface area (Å²) in [6.45, 7) is 0. The van der Waals surface area contributed by atoms with E-state index in [1.807, 2.05) is 18.2 Å². The van der Waals surface area contributed by atoms with Crippen molar-refractivity contribution in [1.29, 1.82) is 0 Å². The monoisotopic (exact) mass is 270 g/mol. The van der Waals surface area contributed by atoms with Crippen molar-refractivity contribution in [3.8, 4) is 22.3 Å². The molecular weight excluding hydrogens is 256 g/mol. The molecule has 0 heterocycles. The third-order valence-corrected chi connectivity index (χ3v) is 4.15. The van der Waals surface area contributed by atoms with Crippen molar-refractivity contribution in [2.75, 3.05) is 0 Å². The van der Waals surface area contributed by atoms with Gasteiger partial charge in [-0.2, -0.15) is 0 Å². The van der Waals surface area contributed by atoms with Crippen LogP contribution < -0.4 is 0 Å². The molecule has 1 heteroatoms. The number of hydrogen-bond donors (Lipinski definition) is 0. The molecule has 0 saturated carbocycles. The third-order valence-electron chi connectivity index (χ3n) is 4.15. The van der Waals surface area contributed by atoms with Crippen LogP contribution in [0.5, 0.6) is 0 Å². The van der Waals surface area contributed by atoms with E-state index in [4.69, 9.17) is 0 Å². The molecule has 21 heavy (non-hydrogen) atoms. The Morgan fingerprint density at radius 1 is 0.714 bits per heavy atom. The smallest absolute Gasteiger partial charge is 0.150 e. The third kappa shape index (κ3) is 1.98. The second kappa shape index (κ2) is 4.71. The van der Waals surface area contributed by atoms with Gasteiger partial charge in [0.15, 0.2) is 0 Å². The quantitative estimate of drug-likeness (QED) is 0.481. The van der Waals surface area contributed by atoms with E-state index in [1.54, 1.807) is 0 Å². The summed E-state index contributed by atoms with van der Waals surface area (Å²) in [5.74, 6) is 0. The van der Waals surface area contributed by atoms with Gasteiger partial charge in [0.2, 0.25) is 0 Å². The van der Waals surface area contributed by atoms with Crippen molar-refractivity contribution in [2.24, 2.45) is 0 Å². The van der Waals surface area contributed by atoms with Crippen molar-refractivity contribution in [1.82, 2.24) is 0 Å². The molecule has 0 fully saturated rings. The zero-order valence-corrected chi connectivity index (χ0v) is 11.5. The van der Waals surface area contributed by atoms with Crippen LogP contribution in [0.25, 0.3) is 22.3 Å². The van der Waals surface area contributed by atoms with Gasteiger partial charge in [-0.25, -0.2) is 0 Å². The lowest BCUT2D eigenvalue weighted by Gasteiger charge is -2.06. The van der Waals surface area contributed by atoms with Crippen LogP contribution in [0.15, 0.2) is 66.7 Å². The molecule has 0 aliphatic heterocycles. The first kappa shape index (κ1) is 12.1. The van der Waals surface area contributed by atoms with Crippen molar-refractivity contribution in [3.05, 3.63) is 83.4 Å². The molecule has 100 valence electrons. The fourth-order valence-corrected chi connectivity index (χ4v) is 3.12. The van der Waals surface area contributed by atoms with Gasteiger partial charge in [0.25, 0.3) is 0 Å². The molecule has 0 aromatic heterocycles. The Hall–Kier alpha value is -2.67. The fraction of sp³-hybridized carbons (Fsp3) is 0.0500. The molecule has 0 amide bonds. The molecule has 0 N–H and O–H groups in total. The van der Waals surface area contributed by atoms with Gasteiger partial charge in [0, 0.05) is 5.56 Å². The zero-order chi connectivity index (χ0) is 14.2. The predicted molar refractivity (Wildman–Crippen MR) is 85.5 cm³/mol. The van der Waals surface area contributed by atoms with Crippen molar-refractivity contribution >= 4 is 6.29 Å². The molecule has 0 radical (unpaired) electrons. The number of benzene rings is 3. The Morgan fingerprint density at radius 3 is 2.43 bits per heavy atom. The first-order chi connectivity index (χ1) is 10.3. The predicted octanol–water partition coefficient (Wildman–Crippen LogP) is 4.74. The summed E-state index contributed by atoms with van der Waals surface area (Å²) in [6.07, 6.45) is 1.89. The van der Waals surface area contributed by atoms with Crippen LogP contribution >= 0.6 is 0 Å². The molecule has 1 nitrogen and oxygen atoms in total. The maximum atomic E-state index is 10.9. The highest BCUT2D eigenvalue weighted by Crippen LogP contribution is 2.38. The van der Waals surface area contributed by atoms with Crippen LogP contribution in [0.4, 0.5) is 0 Å². The molecule has 3 aromatic carbocycles. The van der Waals surface area contributed by atoms with Gasteiger partial charge in [-0.1, -0.05) is 60.7 Å². The molecule has 0 bridgehead atoms. The molecule has 1 aliphatic carbocycles. The van der Waals surface area contributed by atoms with Crippen molar-refractivity contribution in [2.45, 2.75) is 6.42 Å². The summed E-state index contributed by atoms with van der Waals surface area (Å²) in [5, 5.41) is 0. The van der Waals surface area contributed by atoms with E-state index in [9.17, 15) is 4.79 Å². The summed E-state index contributed by atoms with van der Waals surface area (Å²) >= 11 is 0. The van der Waals surface area contributed by atoms with Gasteiger partial charge in [0.05, 0.1) is 0 Å². The normalized spacial score (nSPS) is 11.8. The van der Waals surface area contributed by atoms with Gasteiger partial charge in [-0.3, -0.25) is 4.79 Å². The van der Waals surface area contributed by atoms with Gasteiger partial charge in [-0.15, -0.1) is 0 Å².